The number of carbonyl (C=O) groups excluding carboxylic acids is 2. The molecule has 2 fully saturated rings. The Morgan fingerprint density at radius 3 is 2.77 bits per heavy atom. The summed E-state index contributed by atoms with van der Waals surface area (Å²) >= 11 is 0. The summed E-state index contributed by atoms with van der Waals surface area (Å²) < 4.78 is 19.4. The van der Waals surface area contributed by atoms with Gasteiger partial charge in [0, 0.05) is 25.2 Å². The second-order valence-electron chi connectivity index (χ2n) is 8.23. The SMILES string of the molecule is C[C@@H]1CN(C(=O)Cc2ccc(F)cc2)CC[C@]12CC[C@H](C(=O)Nc1cccnc1)O2. The molecule has 1 aromatic carbocycles. The van der Waals surface area contributed by atoms with Crippen molar-refractivity contribution in [2.24, 2.45) is 5.92 Å². The molecule has 1 spiro atoms. The van der Waals surface area contributed by atoms with Gasteiger partial charge in [0.1, 0.15) is 11.9 Å². The third kappa shape index (κ3) is 4.36. The Balaban J connectivity index is 1.33. The van der Waals surface area contributed by atoms with Gasteiger partial charge in [-0.25, -0.2) is 4.39 Å². The lowest BCUT2D eigenvalue weighted by Gasteiger charge is -2.44. The van der Waals surface area contributed by atoms with Gasteiger partial charge in [-0.15, -0.1) is 0 Å². The standard InChI is InChI=1S/C23H26FN3O3/c1-16-15-27(21(28)13-17-4-6-18(24)7-5-17)12-10-23(16)9-8-20(30-23)22(29)26-19-3-2-11-25-14-19/h2-7,11,14,16,20H,8-10,12-13,15H2,1H3,(H,26,29)/t16-,20-,23-/m1/s1. The minimum Gasteiger partial charge on any atom is -0.362 e. The molecule has 2 aliphatic rings. The van der Waals surface area contributed by atoms with E-state index in [-0.39, 0.29) is 35.6 Å². The van der Waals surface area contributed by atoms with Crippen LogP contribution in [0.15, 0.2) is 48.8 Å². The Morgan fingerprint density at radius 1 is 1.27 bits per heavy atom. The summed E-state index contributed by atoms with van der Waals surface area (Å²) in [6.45, 7) is 3.27. The first-order valence-electron chi connectivity index (χ1n) is 10.4. The number of halogens is 1. The third-order valence-electron chi connectivity index (χ3n) is 6.25. The molecule has 0 unspecified atom stereocenters. The molecule has 0 radical (unpaired) electrons. The van der Waals surface area contributed by atoms with Crippen molar-refractivity contribution in [1.82, 2.24) is 9.88 Å². The van der Waals surface area contributed by atoms with Crippen molar-refractivity contribution in [2.75, 3.05) is 18.4 Å². The third-order valence-corrected chi connectivity index (χ3v) is 6.25. The number of anilines is 1. The normalized spacial score (nSPS) is 26.0. The van der Waals surface area contributed by atoms with Crippen LogP contribution in [0.2, 0.25) is 0 Å². The highest BCUT2D eigenvalue weighted by molar-refractivity contribution is 5.94. The monoisotopic (exact) mass is 411 g/mol. The van der Waals surface area contributed by atoms with Crippen molar-refractivity contribution in [1.29, 1.82) is 0 Å². The summed E-state index contributed by atoms with van der Waals surface area (Å²) in [6, 6.07) is 9.61. The molecule has 0 bridgehead atoms. The zero-order chi connectivity index (χ0) is 21.1. The molecule has 3 atom stereocenters. The lowest BCUT2D eigenvalue weighted by Crippen LogP contribution is -2.53. The van der Waals surface area contributed by atoms with E-state index >= 15 is 0 Å². The fourth-order valence-corrected chi connectivity index (χ4v) is 4.44. The fourth-order valence-electron chi connectivity index (χ4n) is 4.44. The Labute approximate surface area is 175 Å². The highest BCUT2D eigenvalue weighted by atomic mass is 19.1. The van der Waals surface area contributed by atoms with Crippen molar-refractivity contribution in [2.45, 2.75) is 44.3 Å². The van der Waals surface area contributed by atoms with E-state index in [0.717, 1.165) is 12.0 Å². The van der Waals surface area contributed by atoms with Crippen LogP contribution in [-0.2, 0) is 20.7 Å². The van der Waals surface area contributed by atoms with Crippen LogP contribution in [0.5, 0.6) is 0 Å². The molecule has 2 aliphatic heterocycles. The molecule has 158 valence electrons. The first-order valence-corrected chi connectivity index (χ1v) is 10.4. The summed E-state index contributed by atoms with van der Waals surface area (Å²) in [7, 11) is 0. The topological polar surface area (TPSA) is 71.5 Å². The molecule has 3 heterocycles. The zero-order valence-electron chi connectivity index (χ0n) is 17.0. The minimum atomic E-state index is -0.492. The molecule has 2 amide bonds. The number of ether oxygens (including phenoxy) is 1. The van der Waals surface area contributed by atoms with Crippen LogP contribution in [-0.4, -0.2) is 46.5 Å². The highest BCUT2D eigenvalue weighted by Gasteiger charge is 2.49. The van der Waals surface area contributed by atoms with Gasteiger partial charge in [-0.05, 0) is 49.1 Å². The molecule has 30 heavy (non-hydrogen) atoms. The van der Waals surface area contributed by atoms with Gasteiger partial charge < -0.3 is 15.0 Å². The first-order chi connectivity index (χ1) is 14.4. The number of carbonyl (C=O) groups is 2. The molecule has 1 aromatic heterocycles. The van der Waals surface area contributed by atoms with Crippen LogP contribution in [0.4, 0.5) is 10.1 Å². The van der Waals surface area contributed by atoms with Gasteiger partial charge >= 0.3 is 0 Å². The Hall–Kier alpha value is -2.80. The number of nitrogens with one attached hydrogen (secondary N) is 1. The van der Waals surface area contributed by atoms with E-state index in [9.17, 15) is 14.0 Å². The molecular weight excluding hydrogens is 385 g/mol. The number of amides is 2. The van der Waals surface area contributed by atoms with E-state index in [4.69, 9.17) is 4.74 Å². The summed E-state index contributed by atoms with van der Waals surface area (Å²) in [5.41, 5.74) is 1.09. The lowest BCUT2D eigenvalue weighted by atomic mass is 9.80. The van der Waals surface area contributed by atoms with Gasteiger partial charge in [0.25, 0.3) is 5.91 Å². The van der Waals surface area contributed by atoms with Crippen LogP contribution >= 0.6 is 0 Å². The number of hydrogen-bond acceptors (Lipinski definition) is 4. The van der Waals surface area contributed by atoms with E-state index in [1.807, 2.05) is 4.90 Å². The van der Waals surface area contributed by atoms with E-state index in [1.54, 1.807) is 36.7 Å². The van der Waals surface area contributed by atoms with Gasteiger partial charge in [0.15, 0.2) is 0 Å². The average molecular weight is 411 g/mol. The van der Waals surface area contributed by atoms with Crippen LogP contribution < -0.4 is 5.32 Å². The molecule has 4 rings (SSSR count). The second kappa shape index (κ2) is 8.52. The second-order valence-corrected chi connectivity index (χ2v) is 8.23. The zero-order valence-corrected chi connectivity index (χ0v) is 17.0. The number of nitrogens with zero attached hydrogens (tertiary/aromatic N) is 2. The van der Waals surface area contributed by atoms with Gasteiger partial charge in [-0.2, -0.15) is 0 Å². The van der Waals surface area contributed by atoms with Gasteiger partial charge in [-0.3, -0.25) is 14.6 Å². The van der Waals surface area contributed by atoms with Crippen molar-refractivity contribution in [3.05, 3.63) is 60.2 Å². The molecule has 0 aliphatic carbocycles. The summed E-state index contributed by atoms with van der Waals surface area (Å²) in [5.74, 6) is -0.297. The van der Waals surface area contributed by atoms with Crippen LogP contribution in [0.25, 0.3) is 0 Å². The van der Waals surface area contributed by atoms with E-state index in [1.165, 1.54) is 12.1 Å². The predicted octanol–water partition coefficient (Wildman–Crippen LogP) is 3.19. The number of piperidine rings is 1. The van der Waals surface area contributed by atoms with Crippen molar-refractivity contribution < 1.29 is 18.7 Å². The molecule has 2 saturated heterocycles. The Bertz CT molecular complexity index is 906. The Morgan fingerprint density at radius 2 is 2.07 bits per heavy atom. The molecule has 0 saturated carbocycles. The van der Waals surface area contributed by atoms with Gasteiger partial charge in [0.05, 0.1) is 23.9 Å². The van der Waals surface area contributed by atoms with Crippen LogP contribution in [0.3, 0.4) is 0 Å². The number of benzene rings is 1. The van der Waals surface area contributed by atoms with E-state index < -0.39 is 6.10 Å². The molecule has 6 nitrogen and oxygen atoms in total. The molecular formula is C23H26FN3O3. The van der Waals surface area contributed by atoms with Gasteiger partial charge in [0.2, 0.25) is 5.91 Å². The van der Waals surface area contributed by atoms with Crippen LogP contribution in [0.1, 0.15) is 31.7 Å². The summed E-state index contributed by atoms with van der Waals surface area (Å²) in [5, 5.41) is 2.86. The Kier molecular flexibility index (Phi) is 5.81. The molecule has 2 aromatic rings. The lowest BCUT2D eigenvalue weighted by molar-refractivity contribution is -0.151. The number of likely N-dealkylation sites (tertiary alicyclic amines) is 1. The highest BCUT2D eigenvalue weighted by Crippen LogP contribution is 2.42. The molecule has 7 heteroatoms. The minimum absolute atomic E-state index is 0.0344. The van der Waals surface area contributed by atoms with Crippen molar-refractivity contribution in [3.8, 4) is 0 Å². The number of hydrogen-bond donors (Lipinski definition) is 1. The fraction of sp³-hybridized carbons (Fsp3) is 0.435. The summed E-state index contributed by atoms with van der Waals surface area (Å²) in [4.78, 5) is 31.2. The van der Waals surface area contributed by atoms with Crippen molar-refractivity contribution in [3.63, 3.8) is 0 Å². The number of rotatable bonds is 4. The maximum atomic E-state index is 13.1. The smallest absolute Gasteiger partial charge is 0.253 e. The van der Waals surface area contributed by atoms with E-state index in [0.29, 0.717) is 31.6 Å². The van der Waals surface area contributed by atoms with Gasteiger partial charge in [-0.1, -0.05) is 19.1 Å². The largest absolute Gasteiger partial charge is 0.362 e. The van der Waals surface area contributed by atoms with Crippen LogP contribution in [0, 0.1) is 11.7 Å². The average Bonchev–Trinajstić information content (AvgIpc) is 3.18. The number of aromatic nitrogens is 1. The van der Waals surface area contributed by atoms with E-state index in [2.05, 4.69) is 17.2 Å². The maximum absolute atomic E-state index is 13.1. The molecule has 1 N–H and O–H groups in total. The maximum Gasteiger partial charge on any atom is 0.253 e. The quantitative estimate of drug-likeness (QED) is 0.839. The number of pyridine rings is 1. The summed E-state index contributed by atoms with van der Waals surface area (Å²) in [6.07, 6.45) is 5.21. The predicted molar refractivity (Wildman–Crippen MR) is 110 cm³/mol. The first kappa shape index (κ1) is 20.5. The van der Waals surface area contributed by atoms with Crippen molar-refractivity contribution >= 4 is 17.5 Å².